The number of ether oxygens (including phenoxy) is 2. The molecule has 176 valence electrons. The predicted octanol–water partition coefficient (Wildman–Crippen LogP) is 3.63. The summed E-state index contributed by atoms with van der Waals surface area (Å²) in [5.41, 5.74) is 0.769. The zero-order valence-electron chi connectivity index (χ0n) is 18.2. The van der Waals surface area contributed by atoms with Gasteiger partial charge in [0.1, 0.15) is 19.0 Å². The molecule has 0 unspecified atom stereocenters. The molecule has 5 heterocycles. The number of amides is 1. The maximum atomic E-state index is 12.7. The van der Waals surface area contributed by atoms with Crippen molar-refractivity contribution in [2.24, 2.45) is 0 Å². The van der Waals surface area contributed by atoms with Gasteiger partial charge in [-0.2, -0.15) is 0 Å². The fourth-order valence-electron chi connectivity index (χ4n) is 4.04. The van der Waals surface area contributed by atoms with Gasteiger partial charge in [0.25, 0.3) is 0 Å². The van der Waals surface area contributed by atoms with Gasteiger partial charge >= 0.3 is 0 Å². The van der Waals surface area contributed by atoms with Gasteiger partial charge in [-0.25, -0.2) is 4.98 Å². The number of nitrogens with one attached hydrogen (secondary N) is 1. The van der Waals surface area contributed by atoms with E-state index in [9.17, 15) is 4.79 Å². The molecule has 10 nitrogen and oxygen atoms in total. The SMILES string of the molecule is O=C(CSc1nnc(N2CCCC2)n1Cc1ccco1)Nc1nc2cc3c(cc2s1)OCCO3. The molecular weight excluding hydrogens is 476 g/mol. The van der Waals surface area contributed by atoms with Crippen LogP contribution in [0.1, 0.15) is 18.6 Å². The van der Waals surface area contributed by atoms with Crippen LogP contribution in [0.3, 0.4) is 0 Å². The molecule has 3 aromatic heterocycles. The van der Waals surface area contributed by atoms with Gasteiger partial charge in [-0.1, -0.05) is 23.1 Å². The number of aromatic nitrogens is 4. The zero-order valence-corrected chi connectivity index (χ0v) is 19.9. The lowest BCUT2D eigenvalue weighted by molar-refractivity contribution is -0.113. The van der Waals surface area contributed by atoms with Crippen molar-refractivity contribution in [3.8, 4) is 11.5 Å². The largest absolute Gasteiger partial charge is 0.486 e. The van der Waals surface area contributed by atoms with E-state index in [4.69, 9.17) is 13.9 Å². The van der Waals surface area contributed by atoms with Gasteiger partial charge < -0.3 is 24.1 Å². The van der Waals surface area contributed by atoms with E-state index in [1.54, 1.807) is 6.26 Å². The summed E-state index contributed by atoms with van der Waals surface area (Å²) >= 11 is 2.76. The number of nitrogens with zero attached hydrogens (tertiary/aromatic N) is 5. The number of hydrogen-bond donors (Lipinski definition) is 1. The third-order valence-corrected chi connectivity index (χ3v) is 7.51. The Morgan fingerprint density at radius 2 is 1.97 bits per heavy atom. The number of furan rings is 1. The molecule has 6 rings (SSSR count). The molecule has 1 amide bonds. The lowest BCUT2D eigenvalue weighted by Crippen LogP contribution is -2.22. The Kier molecular flexibility index (Phi) is 5.75. The molecule has 0 bridgehead atoms. The molecule has 2 aliphatic rings. The van der Waals surface area contributed by atoms with E-state index < -0.39 is 0 Å². The minimum Gasteiger partial charge on any atom is -0.486 e. The Hall–Kier alpha value is -3.25. The maximum Gasteiger partial charge on any atom is 0.236 e. The first kappa shape index (κ1) is 21.3. The van der Waals surface area contributed by atoms with Gasteiger partial charge in [-0.05, 0) is 25.0 Å². The highest BCUT2D eigenvalue weighted by molar-refractivity contribution is 7.99. The number of thiazole rings is 1. The summed E-state index contributed by atoms with van der Waals surface area (Å²) < 4.78 is 19.7. The van der Waals surface area contributed by atoms with Crippen LogP contribution in [-0.4, -0.2) is 57.7 Å². The van der Waals surface area contributed by atoms with Crippen molar-refractivity contribution in [3.63, 3.8) is 0 Å². The second kappa shape index (κ2) is 9.18. The standard InChI is InChI=1S/C22H22N6O4S2/c29-19(24-20-23-15-10-16-17(11-18(15)34-20)32-9-8-31-16)13-33-22-26-25-21(27-5-1-2-6-27)28(22)12-14-4-3-7-30-14/h3-4,7,10-11H,1-2,5-6,8-9,12-13H2,(H,23,24,29). The van der Waals surface area contributed by atoms with E-state index in [2.05, 4.69) is 25.4 Å². The summed E-state index contributed by atoms with van der Waals surface area (Å²) in [6.45, 7) is 3.48. The average molecular weight is 499 g/mol. The number of benzene rings is 1. The minimum atomic E-state index is -0.156. The van der Waals surface area contributed by atoms with Crippen LogP contribution in [0.5, 0.6) is 11.5 Å². The highest BCUT2D eigenvalue weighted by Crippen LogP contribution is 2.38. The fraction of sp³-hybridized carbons (Fsp3) is 0.364. The molecule has 2 aliphatic heterocycles. The zero-order chi connectivity index (χ0) is 22.9. The molecule has 4 aromatic rings. The topological polar surface area (TPSA) is 108 Å². The summed E-state index contributed by atoms with van der Waals surface area (Å²) in [5.74, 6) is 3.06. The first-order valence-corrected chi connectivity index (χ1v) is 12.9. The van der Waals surface area contributed by atoms with Crippen LogP contribution >= 0.6 is 23.1 Å². The van der Waals surface area contributed by atoms with Crippen molar-refractivity contribution in [1.82, 2.24) is 19.7 Å². The van der Waals surface area contributed by atoms with Gasteiger partial charge in [0.05, 0.1) is 28.8 Å². The van der Waals surface area contributed by atoms with Gasteiger partial charge in [0.2, 0.25) is 11.9 Å². The highest BCUT2D eigenvalue weighted by atomic mass is 32.2. The average Bonchev–Trinajstić information content (AvgIpc) is 3.64. The number of fused-ring (bicyclic) bond motifs is 2. The van der Waals surface area contributed by atoms with Crippen LogP contribution in [0.4, 0.5) is 11.1 Å². The van der Waals surface area contributed by atoms with E-state index in [0.717, 1.165) is 47.9 Å². The molecular formula is C22H22N6O4S2. The number of carbonyl (C=O) groups excluding carboxylic acids is 1. The Bertz CT molecular complexity index is 1270. The molecule has 12 heteroatoms. The molecule has 1 N–H and O–H groups in total. The second-order valence-corrected chi connectivity index (χ2v) is 9.93. The van der Waals surface area contributed by atoms with Gasteiger partial charge in [0.15, 0.2) is 21.8 Å². The molecule has 0 aliphatic carbocycles. The van der Waals surface area contributed by atoms with Gasteiger partial charge in [-0.3, -0.25) is 9.36 Å². The van der Waals surface area contributed by atoms with Crippen LogP contribution in [-0.2, 0) is 11.3 Å². The van der Waals surface area contributed by atoms with Gasteiger partial charge in [-0.15, -0.1) is 10.2 Å². The Morgan fingerprint density at radius 3 is 2.76 bits per heavy atom. The number of anilines is 2. The molecule has 0 spiro atoms. The molecule has 1 aromatic carbocycles. The molecule has 0 radical (unpaired) electrons. The predicted molar refractivity (Wildman–Crippen MR) is 129 cm³/mol. The van der Waals surface area contributed by atoms with Crippen molar-refractivity contribution in [2.45, 2.75) is 24.5 Å². The third kappa shape index (κ3) is 4.30. The van der Waals surface area contributed by atoms with E-state index in [-0.39, 0.29) is 11.7 Å². The van der Waals surface area contributed by atoms with E-state index >= 15 is 0 Å². The lowest BCUT2D eigenvalue weighted by Gasteiger charge is -2.17. The molecule has 0 saturated carbocycles. The Morgan fingerprint density at radius 1 is 1.15 bits per heavy atom. The summed E-state index contributed by atoms with van der Waals surface area (Å²) in [7, 11) is 0. The number of rotatable bonds is 7. The second-order valence-electron chi connectivity index (χ2n) is 7.96. The third-order valence-electron chi connectivity index (χ3n) is 5.61. The van der Waals surface area contributed by atoms with E-state index in [1.165, 1.54) is 23.1 Å². The highest BCUT2D eigenvalue weighted by Gasteiger charge is 2.23. The van der Waals surface area contributed by atoms with Crippen molar-refractivity contribution < 1.29 is 18.7 Å². The minimum absolute atomic E-state index is 0.156. The van der Waals surface area contributed by atoms with Crippen LogP contribution in [0.2, 0.25) is 0 Å². The Labute approximate surface area is 203 Å². The fourth-order valence-corrected chi connectivity index (χ4v) is 5.66. The van der Waals surface area contributed by atoms with E-state index in [0.29, 0.717) is 41.5 Å². The van der Waals surface area contributed by atoms with Crippen LogP contribution in [0, 0.1) is 0 Å². The monoisotopic (exact) mass is 498 g/mol. The van der Waals surface area contributed by atoms with Crippen LogP contribution < -0.4 is 19.7 Å². The molecule has 1 fully saturated rings. The van der Waals surface area contributed by atoms with Crippen LogP contribution in [0.25, 0.3) is 10.2 Å². The first-order valence-electron chi connectivity index (χ1n) is 11.1. The number of thioether (sulfide) groups is 1. The quantitative estimate of drug-likeness (QED) is 0.382. The van der Waals surface area contributed by atoms with E-state index in [1.807, 2.05) is 28.8 Å². The number of carbonyl (C=O) groups is 1. The summed E-state index contributed by atoms with van der Waals surface area (Å²) in [5, 5.41) is 12.9. The summed E-state index contributed by atoms with van der Waals surface area (Å²) in [6.07, 6.45) is 3.94. The number of hydrogen-bond acceptors (Lipinski definition) is 10. The first-order chi connectivity index (χ1) is 16.7. The van der Waals surface area contributed by atoms with Crippen molar-refractivity contribution >= 4 is 50.3 Å². The summed E-state index contributed by atoms with van der Waals surface area (Å²) in [6, 6.07) is 7.54. The van der Waals surface area contributed by atoms with Crippen molar-refractivity contribution in [2.75, 3.05) is 42.3 Å². The molecule has 1 saturated heterocycles. The smallest absolute Gasteiger partial charge is 0.236 e. The Balaban J connectivity index is 1.15. The molecule has 0 atom stereocenters. The molecule has 34 heavy (non-hydrogen) atoms. The van der Waals surface area contributed by atoms with Gasteiger partial charge in [0, 0.05) is 25.2 Å². The van der Waals surface area contributed by atoms with Crippen molar-refractivity contribution in [1.29, 1.82) is 0 Å². The van der Waals surface area contributed by atoms with Crippen molar-refractivity contribution in [3.05, 3.63) is 36.3 Å². The normalized spacial score (nSPS) is 15.2. The summed E-state index contributed by atoms with van der Waals surface area (Å²) in [4.78, 5) is 19.5. The van der Waals surface area contributed by atoms with Crippen LogP contribution in [0.15, 0.2) is 40.1 Å². The maximum absolute atomic E-state index is 12.7. The lowest BCUT2D eigenvalue weighted by atomic mass is 10.3.